The van der Waals surface area contributed by atoms with Crippen LogP contribution in [0.4, 0.5) is 0 Å². The molecule has 1 aromatic carbocycles. The number of imidazole rings is 1. The molecule has 21 heavy (non-hydrogen) atoms. The van der Waals surface area contributed by atoms with E-state index in [4.69, 9.17) is 27.9 Å². The van der Waals surface area contributed by atoms with Crippen LogP contribution >= 0.6 is 23.2 Å². The molecule has 0 bridgehead atoms. The van der Waals surface area contributed by atoms with Gasteiger partial charge in [-0.05, 0) is 24.8 Å². The van der Waals surface area contributed by atoms with Crippen LogP contribution in [0.25, 0.3) is 11.0 Å². The van der Waals surface area contributed by atoms with Gasteiger partial charge in [-0.3, -0.25) is 0 Å². The lowest BCUT2D eigenvalue weighted by Crippen LogP contribution is -2.15. The number of aromatic nitrogens is 2. The van der Waals surface area contributed by atoms with Crippen molar-refractivity contribution in [2.75, 3.05) is 6.61 Å². The minimum Gasteiger partial charge on any atom is -0.489 e. The Morgan fingerprint density at radius 2 is 2.05 bits per heavy atom. The average molecular weight is 329 g/mol. The van der Waals surface area contributed by atoms with E-state index in [1.54, 1.807) is 6.07 Å². The molecule has 0 saturated heterocycles. The Balaban J connectivity index is 1.88. The van der Waals surface area contributed by atoms with Crippen LogP contribution in [0.1, 0.15) is 37.9 Å². The van der Waals surface area contributed by atoms with Crippen molar-refractivity contribution in [3.63, 3.8) is 0 Å². The smallest absolute Gasteiger partial charge is 0.167 e. The van der Waals surface area contributed by atoms with Gasteiger partial charge in [0, 0.05) is 0 Å². The van der Waals surface area contributed by atoms with E-state index in [0.717, 1.165) is 5.52 Å². The lowest BCUT2D eigenvalue weighted by Gasteiger charge is -2.22. The highest BCUT2D eigenvalue weighted by Crippen LogP contribution is 2.39. The minimum absolute atomic E-state index is 0.161. The third-order valence-corrected chi connectivity index (χ3v) is 4.78. The summed E-state index contributed by atoms with van der Waals surface area (Å²) in [6.45, 7) is 0.475. The van der Waals surface area contributed by atoms with Crippen LogP contribution in [-0.2, 0) is 6.61 Å². The molecule has 0 aliphatic heterocycles. The second-order valence-electron chi connectivity index (χ2n) is 5.55. The second kappa shape index (κ2) is 6.42. The Labute approximate surface area is 133 Å². The van der Waals surface area contributed by atoms with Crippen molar-refractivity contribution in [3.05, 3.63) is 21.9 Å². The summed E-state index contributed by atoms with van der Waals surface area (Å²) >= 11 is 12.4. The molecule has 114 valence electrons. The van der Waals surface area contributed by atoms with E-state index in [1.807, 2.05) is 0 Å². The maximum atomic E-state index is 9.20. The molecule has 0 unspecified atom stereocenters. The summed E-state index contributed by atoms with van der Waals surface area (Å²) < 4.78 is 5.95. The van der Waals surface area contributed by atoms with Gasteiger partial charge in [-0.1, -0.05) is 42.5 Å². The van der Waals surface area contributed by atoms with Gasteiger partial charge in [-0.2, -0.15) is 0 Å². The number of rotatable bonds is 4. The Bertz CT molecular complexity index is 636. The summed E-state index contributed by atoms with van der Waals surface area (Å²) in [6, 6.07) is 1.71. The van der Waals surface area contributed by atoms with Gasteiger partial charge < -0.3 is 14.8 Å². The number of halogens is 2. The molecule has 2 N–H and O–H groups in total. The first-order valence-electron chi connectivity index (χ1n) is 7.29. The molecule has 1 aromatic heterocycles. The number of ether oxygens (including phenoxy) is 1. The maximum absolute atomic E-state index is 9.20. The van der Waals surface area contributed by atoms with E-state index in [9.17, 15) is 5.11 Å². The van der Waals surface area contributed by atoms with Crippen LogP contribution in [0, 0.1) is 5.92 Å². The van der Waals surface area contributed by atoms with Crippen LogP contribution in [-0.4, -0.2) is 21.7 Å². The fraction of sp³-hybridized carbons (Fsp3) is 0.533. The molecule has 0 amide bonds. The SMILES string of the molecule is OCc1nc2c(OCC3CCCCC3)c(Cl)c(Cl)cc2[nH]1. The van der Waals surface area contributed by atoms with Gasteiger partial charge in [0.15, 0.2) is 5.75 Å². The molecule has 1 saturated carbocycles. The molecule has 1 heterocycles. The lowest BCUT2D eigenvalue weighted by molar-refractivity contribution is 0.210. The first-order chi connectivity index (χ1) is 10.2. The van der Waals surface area contributed by atoms with Gasteiger partial charge in [-0.25, -0.2) is 4.98 Å². The summed E-state index contributed by atoms with van der Waals surface area (Å²) in [4.78, 5) is 7.33. The van der Waals surface area contributed by atoms with Crippen LogP contribution in [0.2, 0.25) is 10.0 Å². The van der Waals surface area contributed by atoms with Crippen molar-refractivity contribution in [2.45, 2.75) is 38.7 Å². The number of hydrogen-bond donors (Lipinski definition) is 2. The quantitative estimate of drug-likeness (QED) is 0.878. The van der Waals surface area contributed by atoms with Crippen molar-refractivity contribution < 1.29 is 9.84 Å². The number of aromatic amines is 1. The number of hydrogen-bond acceptors (Lipinski definition) is 3. The van der Waals surface area contributed by atoms with Gasteiger partial charge in [0.1, 0.15) is 23.0 Å². The zero-order valence-electron chi connectivity index (χ0n) is 11.7. The molecule has 1 aliphatic rings. The number of nitrogens with one attached hydrogen (secondary N) is 1. The summed E-state index contributed by atoms with van der Waals surface area (Å²) in [7, 11) is 0. The van der Waals surface area contributed by atoms with Crippen LogP contribution < -0.4 is 4.74 Å². The molecule has 1 fully saturated rings. The van der Waals surface area contributed by atoms with Crippen molar-refractivity contribution in [1.29, 1.82) is 0 Å². The number of H-pyrrole nitrogens is 1. The molecule has 4 nitrogen and oxygen atoms in total. The highest BCUT2D eigenvalue weighted by molar-refractivity contribution is 6.44. The standard InChI is InChI=1S/C15H18Cl2N2O2/c16-10-6-11-14(19-12(7-20)18-11)15(13(10)17)21-8-9-4-2-1-3-5-9/h6,9,20H,1-5,7-8H2,(H,18,19). The first-order valence-corrected chi connectivity index (χ1v) is 8.05. The third kappa shape index (κ3) is 3.12. The molecule has 3 rings (SSSR count). The number of fused-ring (bicyclic) bond motifs is 1. The molecule has 0 atom stereocenters. The number of aliphatic hydroxyl groups excluding tert-OH is 1. The summed E-state index contributed by atoms with van der Waals surface area (Å²) in [5.74, 6) is 1.56. The van der Waals surface area contributed by atoms with Crippen molar-refractivity contribution in [1.82, 2.24) is 9.97 Å². The van der Waals surface area contributed by atoms with E-state index in [-0.39, 0.29) is 6.61 Å². The molecule has 0 radical (unpaired) electrons. The van der Waals surface area contributed by atoms with Gasteiger partial charge in [0.05, 0.1) is 17.1 Å². The molecule has 0 spiro atoms. The number of aliphatic hydroxyl groups is 1. The first kappa shape index (κ1) is 14.9. The van der Waals surface area contributed by atoms with Gasteiger partial charge in [-0.15, -0.1) is 0 Å². The van der Waals surface area contributed by atoms with Crippen molar-refractivity contribution in [2.24, 2.45) is 5.92 Å². The number of nitrogens with zero attached hydrogens (tertiary/aromatic N) is 1. The van der Waals surface area contributed by atoms with E-state index < -0.39 is 0 Å². The highest BCUT2D eigenvalue weighted by Gasteiger charge is 2.19. The fourth-order valence-corrected chi connectivity index (χ4v) is 3.27. The zero-order valence-corrected chi connectivity index (χ0v) is 13.2. The molecular formula is C15H18Cl2N2O2. The molecule has 6 heteroatoms. The van der Waals surface area contributed by atoms with Crippen LogP contribution in [0.3, 0.4) is 0 Å². The van der Waals surface area contributed by atoms with E-state index in [0.29, 0.717) is 39.7 Å². The normalized spacial score (nSPS) is 16.5. The molecule has 1 aliphatic carbocycles. The Hall–Kier alpha value is -0.970. The van der Waals surface area contributed by atoms with Crippen molar-refractivity contribution in [3.8, 4) is 5.75 Å². The number of benzene rings is 1. The summed E-state index contributed by atoms with van der Waals surface area (Å²) in [5.41, 5.74) is 1.36. The highest BCUT2D eigenvalue weighted by atomic mass is 35.5. The zero-order chi connectivity index (χ0) is 14.8. The largest absolute Gasteiger partial charge is 0.489 e. The Morgan fingerprint density at radius 1 is 1.29 bits per heavy atom. The topological polar surface area (TPSA) is 58.1 Å². The van der Waals surface area contributed by atoms with Crippen molar-refractivity contribution >= 4 is 34.2 Å². The van der Waals surface area contributed by atoms with Gasteiger partial charge >= 0.3 is 0 Å². The Kier molecular flexibility index (Phi) is 4.57. The van der Waals surface area contributed by atoms with Gasteiger partial charge in [0.2, 0.25) is 0 Å². The second-order valence-corrected chi connectivity index (χ2v) is 6.34. The predicted octanol–water partition coefficient (Wildman–Crippen LogP) is 4.32. The summed E-state index contributed by atoms with van der Waals surface area (Å²) in [5, 5.41) is 10.0. The van der Waals surface area contributed by atoms with E-state index in [1.165, 1.54) is 32.1 Å². The van der Waals surface area contributed by atoms with Gasteiger partial charge in [0.25, 0.3) is 0 Å². The summed E-state index contributed by atoms with van der Waals surface area (Å²) in [6.07, 6.45) is 6.25. The van der Waals surface area contributed by atoms with Crippen LogP contribution in [0.5, 0.6) is 5.75 Å². The Morgan fingerprint density at radius 3 is 2.76 bits per heavy atom. The average Bonchev–Trinajstić information content (AvgIpc) is 2.91. The molecule has 2 aromatic rings. The third-order valence-electron chi connectivity index (χ3n) is 4.01. The van der Waals surface area contributed by atoms with E-state index >= 15 is 0 Å². The molecular weight excluding hydrogens is 311 g/mol. The minimum atomic E-state index is -0.161. The predicted molar refractivity (Wildman–Crippen MR) is 84.1 cm³/mol. The van der Waals surface area contributed by atoms with Crippen LogP contribution in [0.15, 0.2) is 6.07 Å². The lowest BCUT2D eigenvalue weighted by atomic mass is 9.90. The van der Waals surface area contributed by atoms with E-state index in [2.05, 4.69) is 9.97 Å². The fourth-order valence-electron chi connectivity index (χ4n) is 2.88. The maximum Gasteiger partial charge on any atom is 0.167 e. The monoisotopic (exact) mass is 328 g/mol.